The fraction of sp³-hybridized carbons (Fsp3) is 0.357. The van der Waals surface area contributed by atoms with E-state index in [-0.39, 0.29) is 17.7 Å². The molecule has 0 spiro atoms. The Bertz CT molecular complexity index is 464. The summed E-state index contributed by atoms with van der Waals surface area (Å²) in [5, 5.41) is 7.61. The maximum Gasteiger partial charge on any atom is 0.251 e. The zero-order chi connectivity index (χ0) is 15.7. The van der Waals surface area contributed by atoms with E-state index in [2.05, 4.69) is 16.0 Å². The van der Waals surface area contributed by atoms with Gasteiger partial charge >= 0.3 is 0 Å². The number of carbonyl (C=O) groups excluding carboxylic acids is 3. The Labute approximate surface area is 118 Å². The second-order valence-corrected chi connectivity index (χ2v) is 3.74. The molecule has 110 valence electrons. The molecule has 0 bridgehead atoms. The van der Waals surface area contributed by atoms with Gasteiger partial charge in [0.15, 0.2) is 0 Å². The van der Waals surface area contributed by atoms with Crippen LogP contribution in [0.25, 0.3) is 0 Å². The van der Waals surface area contributed by atoms with Crippen LogP contribution in [0.2, 0.25) is 0 Å². The Morgan fingerprint density at radius 3 is 1.55 bits per heavy atom. The molecule has 0 aliphatic rings. The molecule has 6 heteroatoms. The van der Waals surface area contributed by atoms with Gasteiger partial charge < -0.3 is 16.0 Å². The molecule has 0 radical (unpaired) electrons. The van der Waals surface area contributed by atoms with Gasteiger partial charge in [-0.15, -0.1) is 0 Å². The van der Waals surface area contributed by atoms with Gasteiger partial charge in [0.25, 0.3) is 5.91 Å². The Balaban J connectivity index is 0.00000172. The van der Waals surface area contributed by atoms with Crippen molar-refractivity contribution in [2.75, 3.05) is 17.7 Å². The Kier molecular flexibility index (Phi) is 7.65. The lowest BCUT2D eigenvalue weighted by atomic mass is 10.1. The third kappa shape index (κ3) is 5.99. The predicted molar refractivity (Wildman–Crippen MR) is 79.8 cm³/mol. The molecular weight excluding hydrogens is 258 g/mol. The molecule has 0 atom stereocenters. The lowest BCUT2D eigenvalue weighted by molar-refractivity contribution is -0.115. The molecule has 0 saturated heterocycles. The second kappa shape index (κ2) is 8.68. The molecule has 1 rings (SSSR count). The molecule has 0 fully saturated rings. The zero-order valence-corrected chi connectivity index (χ0v) is 12.5. The monoisotopic (exact) mass is 279 g/mol. The van der Waals surface area contributed by atoms with Crippen LogP contribution in [0, 0.1) is 0 Å². The molecular formula is C14H21N3O3. The van der Waals surface area contributed by atoms with Crippen molar-refractivity contribution in [2.24, 2.45) is 0 Å². The molecule has 1 aromatic carbocycles. The van der Waals surface area contributed by atoms with Crippen molar-refractivity contribution in [3.8, 4) is 0 Å². The van der Waals surface area contributed by atoms with Gasteiger partial charge in [0, 0.05) is 37.8 Å². The van der Waals surface area contributed by atoms with E-state index in [0.717, 1.165) is 0 Å². The lowest BCUT2D eigenvalue weighted by Gasteiger charge is -2.09. The molecule has 0 aliphatic heterocycles. The minimum absolute atomic E-state index is 0.252. The van der Waals surface area contributed by atoms with Crippen molar-refractivity contribution in [1.29, 1.82) is 0 Å². The van der Waals surface area contributed by atoms with Crippen LogP contribution in [0.1, 0.15) is 38.1 Å². The van der Waals surface area contributed by atoms with Gasteiger partial charge in [0.2, 0.25) is 11.8 Å². The summed E-state index contributed by atoms with van der Waals surface area (Å²) < 4.78 is 0. The van der Waals surface area contributed by atoms with Gasteiger partial charge in [-0.2, -0.15) is 0 Å². The highest BCUT2D eigenvalue weighted by Crippen LogP contribution is 2.19. The molecule has 0 heterocycles. The van der Waals surface area contributed by atoms with Crippen LogP contribution < -0.4 is 16.0 Å². The molecule has 0 unspecified atom stereocenters. The van der Waals surface area contributed by atoms with Gasteiger partial charge in [-0.05, 0) is 18.2 Å². The Morgan fingerprint density at radius 1 is 0.850 bits per heavy atom. The van der Waals surface area contributed by atoms with Gasteiger partial charge in [-0.1, -0.05) is 13.8 Å². The average molecular weight is 279 g/mol. The summed E-state index contributed by atoms with van der Waals surface area (Å²) >= 11 is 0. The van der Waals surface area contributed by atoms with Crippen LogP contribution in [-0.4, -0.2) is 24.8 Å². The van der Waals surface area contributed by atoms with E-state index in [9.17, 15) is 14.4 Å². The second-order valence-electron chi connectivity index (χ2n) is 3.74. The van der Waals surface area contributed by atoms with Crippen molar-refractivity contribution < 1.29 is 14.4 Å². The van der Waals surface area contributed by atoms with E-state index < -0.39 is 0 Å². The predicted octanol–water partition coefficient (Wildman–Crippen LogP) is 1.99. The Hall–Kier alpha value is -2.37. The number of hydrogen-bond acceptors (Lipinski definition) is 3. The number of hydrogen-bond donors (Lipinski definition) is 3. The standard InChI is InChI=1S/C12H15N3O3.C2H6/c1-7(16)14-10-4-9(12(18)13-3)5-11(6-10)15-8(2)17;1-2/h4-6H,1-3H3,(H,13,18)(H,14,16)(H,15,17);1-2H3. The van der Waals surface area contributed by atoms with Crippen molar-refractivity contribution in [2.45, 2.75) is 27.7 Å². The number of benzene rings is 1. The number of carbonyl (C=O) groups is 3. The van der Waals surface area contributed by atoms with Gasteiger partial charge in [0.05, 0.1) is 0 Å². The fourth-order valence-corrected chi connectivity index (χ4v) is 1.45. The quantitative estimate of drug-likeness (QED) is 0.790. The molecule has 0 saturated carbocycles. The van der Waals surface area contributed by atoms with E-state index in [1.54, 1.807) is 6.07 Å². The van der Waals surface area contributed by atoms with E-state index in [1.807, 2.05) is 13.8 Å². The first-order valence-electron chi connectivity index (χ1n) is 6.34. The first kappa shape index (κ1) is 17.6. The maximum absolute atomic E-state index is 11.6. The van der Waals surface area contributed by atoms with Crippen LogP contribution in [0.5, 0.6) is 0 Å². The summed E-state index contributed by atoms with van der Waals surface area (Å²) in [6, 6.07) is 4.65. The average Bonchev–Trinajstić information content (AvgIpc) is 2.38. The summed E-state index contributed by atoms with van der Waals surface area (Å²) in [6.45, 7) is 6.73. The summed E-state index contributed by atoms with van der Waals surface area (Å²) in [6.07, 6.45) is 0. The van der Waals surface area contributed by atoms with Gasteiger partial charge in [-0.3, -0.25) is 14.4 Å². The SMILES string of the molecule is CC.CNC(=O)c1cc(NC(C)=O)cc(NC(C)=O)c1. The first-order valence-corrected chi connectivity index (χ1v) is 6.34. The fourth-order valence-electron chi connectivity index (χ4n) is 1.45. The highest BCUT2D eigenvalue weighted by Gasteiger charge is 2.08. The van der Waals surface area contributed by atoms with Crippen molar-refractivity contribution in [1.82, 2.24) is 5.32 Å². The number of rotatable bonds is 3. The third-order valence-electron chi connectivity index (χ3n) is 2.06. The van der Waals surface area contributed by atoms with Crippen LogP contribution in [-0.2, 0) is 9.59 Å². The first-order chi connectivity index (χ1) is 9.42. The minimum atomic E-state index is -0.297. The smallest absolute Gasteiger partial charge is 0.251 e. The van der Waals surface area contributed by atoms with Gasteiger partial charge in [-0.25, -0.2) is 0 Å². The van der Waals surface area contributed by atoms with Crippen molar-refractivity contribution in [3.05, 3.63) is 23.8 Å². The van der Waals surface area contributed by atoms with Crippen LogP contribution >= 0.6 is 0 Å². The molecule has 3 amide bonds. The van der Waals surface area contributed by atoms with E-state index in [0.29, 0.717) is 16.9 Å². The molecule has 1 aromatic rings. The maximum atomic E-state index is 11.6. The minimum Gasteiger partial charge on any atom is -0.355 e. The topological polar surface area (TPSA) is 87.3 Å². The molecule has 3 N–H and O–H groups in total. The number of anilines is 2. The summed E-state index contributed by atoms with van der Waals surface area (Å²) in [5.74, 6) is -0.801. The van der Waals surface area contributed by atoms with Crippen LogP contribution in [0.3, 0.4) is 0 Å². The van der Waals surface area contributed by atoms with Crippen LogP contribution in [0.4, 0.5) is 11.4 Å². The van der Waals surface area contributed by atoms with E-state index in [4.69, 9.17) is 0 Å². The number of nitrogens with one attached hydrogen (secondary N) is 3. The molecule has 0 aliphatic carbocycles. The normalized spacial score (nSPS) is 8.85. The van der Waals surface area contributed by atoms with Crippen molar-refractivity contribution >= 4 is 29.1 Å². The molecule has 0 aromatic heterocycles. The third-order valence-corrected chi connectivity index (χ3v) is 2.06. The van der Waals surface area contributed by atoms with Gasteiger partial charge in [0.1, 0.15) is 0 Å². The van der Waals surface area contributed by atoms with E-state index in [1.165, 1.54) is 33.0 Å². The summed E-state index contributed by atoms with van der Waals surface area (Å²) in [4.78, 5) is 33.5. The van der Waals surface area contributed by atoms with E-state index >= 15 is 0 Å². The molecule has 6 nitrogen and oxygen atoms in total. The number of amides is 3. The van der Waals surface area contributed by atoms with Crippen LogP contribution in [0.15, 0.2) is 18.2 Å². The highest BCUT2D eigenvalue weighted by molar-refractivity contribution is 5.99. The lowest BCUT2D eigenvalue weighted by Crippen LogP contribution is -2.19. The summed E-state index contributed by atoms with van der Waals surface area (Å²) in [5.41, 5.74) is 1.26. The largest absolute Gasteiger partial charge is 0.355 e. The molecule has 20 heavy (non-hydrogen) atoms. The highest BCUT2D eigenvalue weighted by atomic mass is 16.2. The zero-order valence-electron chi connectivity index (χ0n) is 12.5. The summed E-state index contributed by atoms with van der Waals surface area (Å²) in [7, 11) is 1.51. The van der Waals surface area contributed by atoms with Crippen molar-refractivity contribution in [3.63, 3.8) is 0 Å². The Morgan fingerprint density at radius 2 is 1.25 bits per heavy atom.